The minimum absolute atomic E-state index is 0.264. The van der Waals surface area contributed by atoms with Gasteiger partial charge in [0.15, 0.2) is 0 Å². The van der Waals surface area contributed by atoms with Gasteiger partial charge in [0.25, 0.3) is 0 Å². The Bertz CT molecular complexity index is 354. The summed E-state index contributed by atoms with van der Waals surface area (Å²) >= 11 is 0. The van der Waals surface area contributed by atoms with Gasteiger partial charge in [0, 0.05) is 0 Å². The molecule has 0 aliphatic carbocycles. The maximum atomic E-state index is 11.4. The van der Waals surface area contributed by atoms with Crippen molar-refractivity contribution < 1.29 is 19.0 Å². The van der Waals surface area contributed by atoms with Gasteiger partial charge in [-0.15, -0.1) is 4.52 Å². The van der Waals surface area contributed by atoms with Crippen LogP contribution < -0.4 is 11.0 Å². The van der Waals surface area contributed by atoms with E-state index >= 15 is 0 Å². The molecule has 0 saturated heterocycles. The molecule has 0 bridgehead atoms. The lowest BCUT2D eigenvalue weighted by Crippen LogP contribution is -2.34. The second-order valence-electron chi connectivity index (χ2n) is 2.83. The second-order valence-corrected chi connectivity index (χ2v) is 4.12. The summed E-state index contributed by atoms with van der Waals surface area (Å²) in [7, 11) is -2.03. The molecule has 15 heavy (non-hydrogen) atoms. The number of hydrogen-bond donors (Lipinski definition) is 2. The molecule has 0 saturated carbocycles. The van der Waals surface area contributed by atoms with Gasteiger partial charge in [0.1, 0.15) is 12.6 Å². The zero-order valence-electron chi connectivity index (χ0n) is 7.87. The van der Waals surface area contributed by atoms with Gasteiger partial charge >= 0.3 is 14.0 Å². The fourth-order valence-electron chi connectivity index (χ4n) is 0.844. The molecule has 1 aromatic carbocycles. The molecule has 2 atom stereocenters. The Morgan fingerprint density at radius 2 is 2.07 bits per heavy atom. The number of benzene rings is 1. The highest BCUT2D eigenvalue weighted by Crippen LogP contribution is 2.20. The summed E-state index contributed by atoms with van der Waals surface area (Å²) in [6, 6.07) is 7.38. The van der Waals surface area contributed by atoms with Crippen LogP contribution in [0.25, 0.3) is 0 Å². The first-order chi connectivity index (χ1) is 7.11. The van der Waals surface area contributed by atoms with E-state index in [1.165, 1.54) is 0 Å². The minimum atomic E-state index is -2.03. The molecule has 0 heterocycles. The molecule has 1 rings (SSSR count). The van der Waals surface area contributed by atoms with Gasteiger partial charge in [-0.3, -0.25) is 4.79 Å². The summed E-state index contributed by atoms with van der Waals surface area (Å²) in [5.74, 6) is -1.17. The van der Waals surface area contributed by atoms with Crippen LogP contribution >= 0.6 is 8.03 Å². The molecule has 3 N–H and O–H groups in total. The standard InChI is InChI=1S/C9H10NO4P/c10-8(9(11)12)6-14-15(13)7-4-2-1-3-5-7/h1-5,8H,6,10H2/p+1. The van der Waals surface area contributed by atoms with Crippen molar-refractivity contribution in [2.45, 2.75) is 6.04 Å². The van der Waals surface area contributed by atoms with Crippen LogP contribution in [0.5, 0.6) is 0 Å². The van der Waals surface area contributed by atoms with Gasteiger partial charge in [-0.05, 0) is 16.7 Å². The van der Waals surface area contributed by atoms with E-state index in [9.17, 15) is 9.36 Å². The van der Waals surface area contributed by atoms with Gasteiger partial charge in [-0.1, -0.05) is 18.2 Å². The van der Waals surface area contributed by atoms with Crippen LogP contribution in [-0.2, 0) is 13.9 Å². The molecular formula is C9H11NO4P+. The molecule has 0 aliphatic heterocycles. The number of hydrogen-bond acceptors (Lipinski definition) is 4. The number of carboxylic acids is 1. The Hall–Kier alpha value is -1.29. The third-order valence-corrected chi connectivity index (χ3v) is 2.76. The average molecular weight is 228 g/mol. The predicted octanol–water partition coefficient (Wildman–Crippen LogP) is 0.483. The SMILES string of the molecule is NC(CO[P+](=O)c1ccccc1)C(=O)O. The van der Waals surface area contributed by atoms with Gasteiger partial charge in [-0.2, -0.15) is 0 Å². The number of nitrogens with two attached hydrogens (primary N) is 1. The molecule has 80 valence electrons. The van der Waals surface area contributed by atoms with Crippen molar-refractivity contribution >= 4 is 19.3 Å². The number of aliphatic carboxylic acids is 1. The van der Waals surface area contributed by atoms with E-state index in [-0.39, 0.29) is 6.61 Å². The van der Waals surface area contributed by atoms with Crippen LogP contribution in [0.15, 0.2) is 30.3 Å². The van der Waals surface area contributed by atoms with Crippen LogP contribution in [0.1, 0.15) is 0 Å². The Morgan fingerprint density at radius 1 is 1.47 bits per heavy atom. The van der Waals surface area contributed by atoms with Crippen LogP contribution in [0.3, 0.4) is 0 Å². The highest BCUT2D eigenvalue weighted by molar-refractivity contribution is 7.48. The van der Waals surface area contributed by atoms with E-state index in [4.69, 9.17) is 15.4 Å². The molecule has 2 unspecified atom stereocenters. The Labute approximate surface area is 87.7 Å². The van der Waals surface area contributed by atoms with E-state index in [0.717, 1.165) is 0 Å². The first kappa shape index (κ1) is 11.8. The highest BCUT2D eigenvalue weighted by atomic mass is 31.1. The Kier molecular flexibility index (Phi) is 4.37. The van der Waals surface area contributed by atoms with Crippen molar-refractivity contribution in [2.24, 2.45) is 5.73 Å². The van der Waals surface area contributed by atoms with E-state index in [1.807, 2.05) is 0 Å². The topological polar surface area (TPSA) is 89.6 Å². The second kappa shape index (κ2) is 5.56. The first-order valence-electron chi connectivity index (χ1n) is 4.25. The fourth-order valence-corrected chi connectivity index (χ4v) is 1.70. The number of carboxylic acid groups (broad SMARTS) is 1. The molecular weight excluding hydrogens is 217 g/mol. The lowest BCUT2D eigenvalue weighted by molar-refractivity contribution is -0.139. The zero-order chi connectivity index (χ0) is 11.3. The number of rotatable bonds is 5. The van der Waals surface area contributed by atoms with Gasteiger partial charge in [0.05, 0.1) is 0 Å². The van der Waals surface area contributed by atoms with E-state index < -0.39 is 20.0 Å². The summed E-state index contributed by atoms with van der Waals surface area (Å²) in [6.45, 7) is -0.264. The monoisotopic (exact) mass is 228 g/mol. The maximum absolute atomic E-state index is 11.4. The lowest BCUT2D eigenvalue weighted by atomic mass is 10.3. The molecule has 0 radical (unpaired) electrons. The molecule has 6 heteroatoms. The molecule has 5 nitrogen and oxygen atoms in total. The summed E-state index contributed by atoms with van der Waals surface area (Å²) in [5.41, 5.74) is 5.19. The zero-order valence-corrected chi connectivity index (χ0v) is 8.76. The molecule has 1 aromatic rings. The van der Waals surface area contributed by atoms with Crippen LogP contribution in [-0.4, -0.2) is 23.7 Å². The summed E-state index contributed by atoms with van der Waals surface area (Å²) < 4.78 is 16.3. The Balaban J connectivity index is 2.47. The Morgan fingerprint density at radius 3 is 2.60 bits per heavy atom. The summed E-state index contributed by atoms with van der Waals surface area (Å²) in [5, 5.41) is 8.98. The molecule has 0 fully saturated rings. The van der Waals surface area contributed by atoms with Crippen molar-refractivity contribution in [3.63, 3.8) is 0 Å². The van der Waals surface area contributed by atoms with Crippen LogP contribution in [0.4, 0.5) is 0 Å². The van der Waals surface area contributed by atoms with Gasteiger partial charge < -0.3 is 10.8 Å². The third-order valence-electron chi connectivity index (χ3n) is 1.66. The number of carbonyl (C=O) groups is 1. The maximum Gasteiger partial charge on any atom is 0.548 e. The molecule has 0 amide bonds. The van der Waals surface area contributed by atoms with Crippen LogP contribution in [0, 0.1) is 0 Å². The van der Waals surface area contributed by atoms with Crippen molar-refractivity contribution in [1.82, 2.24) is 0 Å². The lowest BCUT2D eigenvalue weighted by Gasteiger charge is -1.99. The first-order valence-corrected chi connectivity index (χ1v) is 5.42. The summed E-state index contributed by atoms with van der Waals surface area (Å²) in [4.78, 5) is 10.3. The van der Waals surface area contributed by atoms with E-state index in [0.29, 0.717) is 5.30 Å². The minimum Gasteiger partial charge on any atom is -0.480 e. The third kappa shape index (κ3) is 3.75. The molecule has 0 aromatic heterocycles. The fraction of sp³-hybridized carbons (Fsp3) is 0.222. The van der Waals surface area contributed by atoms with Crippen molar-refractivity contribution in [1.29, 1.82) is 0 Å². The predicted molar refractivity (Wildman–Crippen MR) is 55.2 cm³/mol. The van der Waals surface area contributed by atoms with Gasteiger partial charge in [-0.25, -0.2) is 0 Å². The highest BCUT2D eigenvalue weighted by Gasteiger charge is 2.24. The van der Waals surface area contributed by atoms with Gasteiger partial charge in [0.2, 0.25) is 5.30 Å². The normalized spacial score (nSPS) is 13.3. The smallest absolute Gasteiger partial charge is 0.480 e. The largest absolute Gasteiger partial charge is 0.548 e. The average Bonchev–Trinajstić information content (AvgIpc) is 2.26. The van der Waals surface area contributed by atoms with Crippen molar-refractivity contribution in [3.05, 3.63) is 30.3 Å². The summed E-state index contributed by atoms with van der Waals surface area (Å²) in [6.07, 6.45) is 0. The molecule has 0 spiro atoms. The van der Waals surface area contributed by atoms with E-state index in [2.05, 4.69) is 0 Å². The van der Waals surface area contributed by atoms with Crippen molar-refractivity contribution in [2.75, 3.05) is 6.61 Å². The molecule has 0 aliphatic rings. The van der Waals surface area contributed by atoms with Crippen LogP contribution in [0.2, 0.25) is 0 Å². The van der Waals surface area contributed by atoms with Crippen molar-refractivity contribution in [3.8, 4) is 0 Å². The quantitative estimate of drug-likeness (QED) is 0.715. The van der Waals surface area contributed by atoms with E-state index in [1.54, 1.807) is 30.3 Å².